The molecule has 0 saturated carbocycles. The lowest BCUT2D eigenvalue weighted by Crippen LogP contribution is -2.35. The first-order valence-electron chi connectivity index (χ1n) is 5.60. The number of aromatic hydroxyl groups is 1. The van der Waals surface area contributed by atoms with Crippen LogP contribution < -0.4 is 10.6 Å². The van der Waals surface area contributed by atoms with E-state index in [-0.39, 0.29) is 29.1 Å². The van der Waals surface area contributed by atoms with E-state index in [4.69, 9.17) is 0 Å². The van der Waals surface area contributed by atoms with Crippen molar-refractivity contribution in [3.8, 4) is 5.75 Å². The molecule has 0 unspecified atom stereocenters. The number of hydrogen-bond donors (Lipinski definition) is 3. The number of phenols is 1. The van der Waals surface area contributed by atoms with Gasteiger partial charge in [-0.3, -0.25) is 14.9 Å². The van der Waals surface area contributed by atoms with Crippen LogP contribution in [0.15, 0.2) is 18.2 Å². The fraction of sp³-hybridized carbons (Fsp3) is 0.364. The van der Waals surface area contributed by atoms with E-state index in [1.165, 1.54) is 18.2 Å². The van der Waals surface area contributed by atoms with Gasteiger partial charge in [-0.05, 0) is 25.5 Å². The second-order valence-corrected chi connectivity index (χ2v) is 4.07. The molecule has 1 aromatic carbocycles. The highest BCUT2D eigenvalue weighted by molar-refractivity contribution is 5.98. The smallest absolute Gasteiger partial charge is 0.296 e. The number of anilines is 1. The van der Waals surface area contributed by atoms with Crippen molar-refractivity contribution in [2.45, 2.75) is 18.9 Å². The Morgan fingerprint density at radius 3 is 2.94 bits per heavy atom. The van der Waals surface area contributed by atoms with E-state index >= 15 is 0 Å². The lowest BCUT2D eigenvalue weighted by molar-refractivity contribution is -0.384. The van der Waals surface area contributed by atoms with E-state index in [1.807, 2.05) is 0 Å². The topological polar surface area (TPSA) is 104 Å². The molecule has 2 rings (SSSR count). The number of amides is 1. The highest BCUT2D eigenvalue weighted by atomic mass is 16.6. The third-order valence-corrected chi connectivity index (χ3v) is 2.84. The molecule has 0 radical (unpaired) electrons. The molecule has 0 aromatic heterocycles. The number of benzene rings is 1. The van der Waals surface area contributed by atoms with Gasteiger partial charge in [0.05, 0.1) is 11.0 Å². The van der Waals surface area contributed by atoms with Gasteiger partial charge < -0.3 is 15.7 Å². The minimum absolute atomic E-state index is 0.152. The van der Waals surface area contributed by atoms with Gasteiger partial charge in [-0.1, -0.05) is 6.07 Å². The highest BCUT2D eigenvalue weighted by Crippen LogP contribution is 2.33. The standard InChI is InChI=1S/C11H13N3O4/c15-9-5-1-4-8(14(17)18)10(9)13-11(16)7-3-2-6-12-7/h1,4-5,7,12,15H,2-3,6H2,(H,13,16)/t7-/m1/s1. The van der Waals surface area contributed by atoms with Crippen molar-refractivity contribution in [2.75, 3.05) is 11.9 Å². The first-order chi connectivity index (χ1) is 8.59. The van der Waals surface area contributed by atoms with E-state index in [1.54, 1.807) is 0 Å². The van der Waals surface area contributed by atoms with Crippen LogP contribution in [0, 0.1) is 10.1 Å². The fourth-order valence-electron chi connectivity index (χ4n) is 1.93. The van der Waals surface area contributed by atoms with Crippen molar-refractivity contribution in [3.63, 3.8) is 0 Å². The Balaban J connectivity index is 2.22. The molecule has 1 atom stereocenters. The van der Waals surface area contributed by atoms with Crippen LogP contribution >= 0.6 is 0 Å². The van der Waals surface area contributed by atoms with Gasteiger partial charge in [0.1, 0.15) is 5.75 Å². The number of nitro groups is 1. The van der Waals surface area contributed by atoms with Crippen LogP contribution in [0.2, 0.25) is 0 Å². The Labute approximate surface area is 103 Å². The number of rotatable bonds is 3. The lowest BCUT2D eigenvalue weighted by Gasteiger charge is -2.12. The molecule has 1 amide bonds. The number of phenolic OH excluding ortho intramolecular Hbond substituents is 1. The fourth-order valence-corrected chi connectivity index (χ4v) is 1.93. The molecule has 1 aromatic rings. The monoisotopic (exact) mass is 251 g/mol. The van der Waals surface area contributed by atoms with Gasteiger partial charge in [-0.15, -0.1) is 0 Å². The molecule has 0 spiro atoms. The molecular weight excluding hydrogens is 238 g/mol. The molecule has 1 heterocycles. The Bertz CT molecular complexity index is 483. The highest BCUT2D eigenvalue weighted by Gasteiger charge is 2.26. The van der Waals surface area contributed by atoms with Crippen LogP contribution in [0.4, 0.5) is 11.4 Å². The van der Waals surface area contributed by atoms with Crippen LogP contribution in [-0.4, -0.2) is 28.5 Å². The van der Waals surface area contributed by atoms with E-state index in [9.17, 15) is 20.0 Å². The summed E-state index contributed by atoms with van der Waals surface area (Å²) >= 11 is 0. The minimum Gasteiger partial charge on any atom is -0.505 e. The van der Waals surface area contributed by atoms with Crippen LogP contribution in [0.3, 0.4) is 0 Å². The van der Waals surface area contributed by atoms with Gasteiger partial charge in [0.2, 0.25) is 5.91 Å². The van der Waals surface area contributed by atoms with Crippen LogP contribution in [0.1, 0.15) is 12.8 Å². The number of para-hydroxylation sites is 1. The van der Waals surface area contributed by atoms with Crippen LogP contribution in [-0.2, 0) is 4.79 Å². The number of nitrogens with zero attached hydrogens (tertiary/aromatic N) is 1. The lowest BCUT2D eigenvalue weighted by atomic mass is 10.2. The third kappa shape index (κ3) is 2.40. The zero-order valence-corrected chi connectivity index (χ0v) is 9.55. The van der Waals surface area contributed by atoms with Crippen molar-refractivity contribution < 1.29 is 14.8 Å². The number of hydrogen-bond acceptors (Lipinski definition) is 5. The quantitative estimate of drug-likeness (QED) is 0.422. The Morgan fingerprint density at radius 1 is 1.56 bits per heavy atom. The normalized spacial score (nSPS) is 18.6. The molecule has 96 valence electrons. The molecule has 3 N–H and O–H groups in total. The van der Waals surface area contributed by atoms with Gasteiger partial charge in [0.25, 0.3) is 5.69 Å². The average Bonchev–Trinajstić information content (AvgIpc) is 2.85. The van der Waals surface area contributed by atoms with Crippen molar-refractivity contribution in [1.82, 2.24) is 5.32 Å². The maximum absolute atomic E-state index is 11.8. The van der Waals surface area contributed by atoms with Crippen molar-refractivity contribution in [3.05, 3.63) is 28.3 Å². The van der Waals surface area contributed by atoms with Gasteiger partial charge in [0, 0.05) is 6.07 Å². The Morgan fingerprint density at radius 2 is 2.33 bits per heavy atom. The predicted molar refractivity (Wildman–Crippen MR) is 64.4 cm³/mol. The SMILES string of the molecule is O=C(Nc1c(O)cccc1[N+](=O)[O-])[C@H]1CCCN1. The summed E-state index contributed by atoms with van der Waals surface area (Å²) in [4.78, 5) is 22.0. The first-order valence-corrected chi connectivity index (χ1v) is 5.60. The molecule has 0 aliphatic carbocycles. The second-order valence-electron chi connectivity index (χ2n) is 4.07. The summed E-state index contributed by atoms with van der Waals surface area (Å²) in [6.45, 7) is 0.751. The summed E-state index contributed by atoms with van der Waals surface area (Å²) < 4.78 is 0. The maximum Gasteiger partial charge on any atom is 0.296 e. The molecule has 0 bridgehead atoms. The van der Waals surface area contributed by atoms with E-state index in [0.717, 1.165) is 13.0 Å². The summed E-state index contributed by atoms with van der Waals surface area (Å²) in [5, 5.41) is 25.8. The average molecular weight is 251 g/mol. The van der Waals surface area contributed by atoms with Crippen LogP contribution in [0.25, 0.3) is 0 Å². The van der Waals surface area contributed by atoms with E-state index < -0.39 is 4.92 Å². The molecular formula is C11H13N3O4. The molecule has 1 aliphatic rings. The van der Waals surface area contributed by atoms with E-state index in [0.29, 0.717) is 6.42 Å². The zero-order chi connectivity index (χ0) is 13.1. The van der Waals surface area contributed by atoms with Crippen LogP contribution in [0.5, 0.6) is 5.75 Å². The molecule has 18 heavy (non-hydrogen) atoms. The Hall–Kier alpha value is -2.15. The zero-order valence-electron chi connectivity index (χ0n) is 9.55. The van der Waals surface area contributed by atoms with Gasteiger partial charge >= 0.3 is 0 Å². The predicted octanol–water partition coefficient (Wildman–Crippen LogP) is 0.991. The minimum atomic E-state index is -0.641. The number of nitro benzene ring substituents is 1. The second kappa shape index (κ2) is 5.01. The van der Waals surface area contributed by atoms with Crippen molar-refractivity contribution in [1.29, 1.82) is 0 Å². The number of nitrogens with one attached hydrogen (secondary N) is 2. The first kappa shape index (κ1) is 12.3. The summed E-state index contributed by atoms with van der Waals surface area (Å²) in [7, 11) is 0. The molecule has 7 heteroatoms. The molecule has 7 nitrogen and oxygen atoms in total. The molecule has 1 saturated heterocycles. The molecule has 1 aliphatic heterocycles. The van der Waals surface area contributed by atoms with E-state index in [2.05, 4.69) is 10.6 Å². The maximum atomic E-state index is 11.8. The third-order valence-electron chi connectivity index (χ3n) is 2.84. The van der Waals surface area contributed by atoms with Crippen molar-refractivity contribution >= 4 is 17.3 Å². The summed E-state index contributed by atoms with van der Waals surface area (Å²) in [5.74, 6) is -0.673. The van der Waals surface area contributed by atoms with Gasteiger partial charge in [0.15, 0.2) is 5.69 Å². The Kier molecular flexibility index (Phi) is 3.42. The largest absolute Gasteiger partial charge is 0.505 e. The summed E-state index contributed by atoms with van der Waals surface area (Å²) in [6, 6.07) is 3.53. The number of carbonyl (C=O) groups excluding carboxylic acids is 1. The molecule has 1 fully saturated rings. The number of carbonyl (C=O) groups is 1. The van der Waals surface area contributed by atoms with Gasteiger partial charge in [-0.2, -0.15) is 0 Å². The van der Waals surface area contributed by atoms with Gasteiger partial charge in [-0.25, -0.2) is 0 Å². The van der Waals surface area contributed by atoms with Crippen molar-refractivity contribution in [2.24, 2.45) is 0 Å². The summed E-state index contributed by atoms with van der Waals surface area (Å²) in [6.07, 6.45) is 1.58. The summed E-state index contributed by atoms with van der Waals surface area (Å²) in [5.41, 5.74) is -0.470.